The van der Waals surface area contributed by atoms with Gasteiger partial charge in [0.15, 0.2) is 0 Å². The van der Waals surface area contributed by atoms with E-state index in [1.54, 1.807) is 0 Å². The van der Waals surface area contributed by atoms with Gasteiger partial charge in [-0.2, -0.15) is 0 Å². The maximum atomic E-state index is 5.91. The van der Waals surface area contributed by atoms with Crippen LogP contribution in [0.4, 0.5) is 0 Å². The molecule has 0 aliphatic rings. The Hall–Kier alpha value is -0.930. The molecule has 0 spiro atoms. The summed E-state index contributed by atoms with van der Waals surface area (Å²) in [5.41, 5.74) is 7.17. The maximum Gasteiger partial charge on any atom is 0.0416 e. The molecule has 0 aliphatic heterocycles. The van der Waals surface area contributed by atoms with Gasteiger partial charge in [0, 0.05) is 36.9 Å². The predicted molar refractivity (Wildman–Crippen MR) is 72.9 cm³/mol. The van der Waals surface area contributed by atoms with Gasteiger partial charge in [0.05, 0.1) is 0 Å². The van der Waals surface area contributed by atoms with Gasteiger partial charge in [0.25, 0.3) is 0 Å². The third kappa shape index (κ3) is 3.79. The SMILES string of the molecule is CCN(CCc1ccccn1)C(C)(CC)CN. The molecule has 3 nitrogen and oxygen atoms in total. The zero-order valence-corrected chi connectivity index (χ0v) is 11.3. The first-order chi connectivity index (χ1) is 8.16. The third-order valence-corrected chi connectivity index (χ3v) is 3.71. The molecule has 1 rings (SSSR count). The van der Waals surface area contributed by atoms with Crippen LogP contribution in [0.3, 0.4) is 0 Å². The van der Waals surface area contributed by atoms with Crippen molar-refractivity contribution in [2.45, 2.75) is 39.2 Å². The highest BCUT2D eigenvalue weighted by Crippen LogP contribution is 2.18. The summed E-state index contributed by atoms with van der Waals surface area (Å²) in [5.74, 6) is 0. The van der Waals surface area contributed by atoms with Crippen LogP contribution in [0, 0.1) is 0 Å². The Labute approximate surface area is 105 Å². The lowest BCUT2D eigenvalue weighted by atomic mass is 9.96. The number of likely N-dealkylation sites (N-methyl/N-ethyl adjacent to an activating group) is 1. The van der Waals surface area contributed by atoms with Gasteiger partial charge in [-0.1, -0.05) is 19.9 Å². The lowest BCUT2D eigenvalue weighted by Crippen LogP contribution is -2.51. The smallest absolute Gasteiger partial charge is 0.0416 e. The molecule has 0 fully saturated rings. The van der Waals surface area contributed by atoms with Crippen molar-refractivity contribution in [3.8, 4) is 0 Å². The van der Waals surface area contributed by atoms with Crippen LogP contribution in [0.1, 0.15) is 32.9 Å². The third-order valence-electron chi connectivity index (χ3n) is 3.71. The summed E-state index contributed by atoms with van der Waals surface area (Å²) in [7, 11) is 0. The van der Waals surface area contributed by atoms with E-state index in [1.165, 1.54) is 0 Å². The first-order valence-electron chi connectivity index (χ1n) is 6.51. The molecule has 1 unspecified atom stereocenters. The molecule has 1 aromatic rings. The Morgan fingerprint density at radius 3 is 2.59 bits per heavy atom. The molecule has 0 radical (unpaired) electrons. The normalized spacial score (nSPS) is 14.9. The second-order valence-corrected chi connectivity index (χ2v) is 4.71. The van der Waals surface area contributed by atoms with Gasteiger partial charge in [-0.15, -0.1) is 0 Å². The molecule has 0 amide bonds. The fourth-order valence-electron chi connectivity index (χ4n) is 2.10. The summed E-state index contributed by atoms with van der Waals surface area (Å²) >= 11 is 0. The summed E-state index contributed by atoms with van der Waals surface area (Å²) in [5, 5.41) is 0. The molecule has 96 valence electrons. The number of rotatable bonds is 7. The number of nitrogens with two attached hydrogens (primary N) is 1. The molecular formula is C14H25N3. The van der Waals surface area contributed by atoms with E-state index in [2.05, 4.69) is 36.7 Å². The van der Waals surface area contributed by atoms with Crippen molar-refractivity contribution in [1.82, 2.24) is 9.88 Å². The van der Waals surface area contributed by atoms with E-state index in [1.807, 2.05) is 18.3 Å². The fourth-order valence-corrected chi connectivity index (χ4v) is 2.10. The Balaban J connectivity index is 2.59. The van der Waals surface area contributed by atoms with Gasteiger partial charge in [-0.3, -0.25) is 9.88 Å². The number of nitrogens with zero attached hydrogens (tertiary/aromatic N) is 2. The number of aromatic nitrogens is 1. The fraction of sp³-hybridized carbons (Fsp3) is 0.643. The summed E-state index contributed by atoms with van der Waals surface area (Å²) in [4.78, 5) is 6.82. The van der Waals surface area contributed by atoms with Crippen LogP contribution in [0.15, 0.2) is 24.4 Å². The topological polar surface area (TPSA) is 42.2 Å². The highest BCUT2D eigenvalue weighted by Gasteiger charge is 2.26. The summed E-state index contributed by atoms with van der Waals surface area (Å²) in [6.07, 6.45) is 3.93. The van der Waals surface area contributed by atoms with Crippen molar-refractivity contribution < 1.29 is 0 Å². The minimum atomic E-state index is 0.115. The molecule has 0 saturated heterocycles. The van der Waals surface area contributed by atoms with E-state index < -0.39 is 0 Å². The van der Waals surface area contributed by atoms with E-state index in [0.29, 0.717) is 6.54 Å². The summed E-state index contributed by atoms with van der Waals surface area (Å²) in [6.45, 7) is 9.41. The monoisotopic (exact) mass is 235 g/mol. The van der Waals surface area contributed by atoms with Gasteiger partial charge < -0.3 is 5.73 Å². The lowest BCUT2D eigenvalue weighted by Gasteiger charge is -2.39. The highest BCUT2D eigenvalue weighted by atomic mass is 15.2. The van der Waals surface area contributed by atoms with E-state index in [-0.39, 0.29) is 5.54 Å². The van der Waals surface area contributed by atoms with Crippen molar-refractivity contribution in [2.75, 3.05) is 19.6 Å². The number of pyridine rings is 1. The molecule has 17 heavy (non-hydrogen) atoms. The van der Waals surface area contributed by atoms with Crippen LogP contribution in [-0.4, -0.2) is 35.1 Å². The average molecular weight is 235 g/mol. The Morgan fingerprint density at radius 2 is 2.12 bits per heavy atom. The van der Waals surface area contributed by atoms with Crippen molar-refractivity contribution in [3.63, 3.8) is 0 Å². The quantitative estimate of drug-likeness (QED) is 0.786. The van der Waals surface area contributed by atoms with Crippen LogP contribution in [0.25, 0.3) is 0 Å². The highest BCUT2D eigenvalue weighted by molar-refractivity contribution is 5.04. The minimum Gasteiger partial charge on any atom is -0.329 e. The molecule has 1 aromatic heterocycles. The molecule has 0 saturated carbocycles. The first-order valence-corrected chi connectivity index (χ1v) is 6.51. The molecule has 0 aliphatic carbocycles. The number of hydrogen-bond acceptors (Lipinski definition) is 3. The second-order valence-electron chi connectivity index (χ2n) is 4.71. The molecule has 3 heteroatoms. The van der Waals surface area contributed by atoms with E-state index in [4.69, 9.17) is 5.73 Å². The zero-order chi connectivity index (χ0) is 12.7. The predicted octanol–water partition coefficient (Wildman–Crippen LogP) is 2.07. The molecular weight excluding hydrogens is 210 g/mol. The van der Waals surface area contributed by atoms with E-state index >= 15 is 0 Å². The molecule has 1 atom stereocenters. The van der Waals surface area contributed by atoms with Crippen molar-refractivity contribution in [1.29, 1.82) is 0 Å². The van der Waals surface area contributed by atoms with Gasteiger partial charge >= 0.3 is 0 Å². The van der Waals surface area contributed by atoms with Gasteiger partial charge in [-0.05, 0) is 32.0 Å². The molecule has 2 N–H and O–H groups in total. The molecule has 1 heterocycles. The Bertz CT molecular complexity index is 307. The maximum absolute atomic E-state index is 5.91. The van der Waals surface area contributed by atoms with Gasteiger partial charge in [0.1, 0.15) is 0 Å². The van der Waals surface area contributed by atoms with Crippen molar-refractivity contribution >= 4 is 0 Å². The van der Waals surface area contributed by atoms with Crippen LogP contribution < -0.4 is 5.73 Å². The summed E-state index contributed by atoms with van der Waals surface area (Å²) < 4.78 is 0. The Kier molecular flexibility index (Phi) is 5.59. The van der Waals surface area contributed by atoms with Gasteiger partial charge in [0.2, 0.25) is 0 Å². The standard InChI is InChI=1S/C14H25N3/c1-4-14(3,12-15)17(5-2)11-9-13-8-6-7-10-16-13/h6-8,10H,4-5,9,11-12,15H2,1-3H3. The van der Waals surface area contributed by atoms with Crippen LogP contribution in [0.5, 0.6) is 0 Å². The zero-order valence-electron chi connectivity index (χ0n) is 11.3. The van der Waals surface area contributed by atoms with Crippen molar-refractivity contribution in [2.24, 2.45) is 5.73 Å². The molecule has 0 aromatic carbocycles. The van der Waals surface area contributed by atoms with E-state index in [9.17, 15) is 0 Å². The number of hydrogen-bond donors (Lipinski definition) is 1. The van der Waals surface area contributed by atoms with Gasteiger partial charge in [-0.25, -0.2) is 0 Å². The van der Waals surface area contributed by atoms with Crippen LogP contribution in [0.2, 0.25) is 0 Å². The Morgan fingerprint density at radius 1 is 1.35 bits per heavy atom. The molecule has 0 bridgehead atoms. The lowest BCUT2D eigenvalue weighted by molar-refractivity contribution is 0.114. The first kappa shape index (κ1) is 14.1. The second kappa shape index (κ2) is 6.72. The largest absolute Gasteiger partial charge is 0.329 e. The van der Waals surface area contributed by atoms with E-state index in [0.717, 1.165) is 31.6 Å². The summed E-state index contributed by atoms with van der Waals surface area (Å²) in [6, 6.07) is 6.08. The average Bonchev–Trinajstić information content (AvgIpc) is 2.40. The van der Waals surface area contributed by atoms with Crippen LogP contribution in [-0.2, 0) is 6.42 Å². The van der Waals surface area contributed by atoms with Crippen LogP contribution >= 0.6 is 0 Å². The minimum absolute atomic E-state index is 0.115. The van der Waals surface area contributed by atoms with Crippen molar-refractivity contribution in [3.05, 3.63) is 30.1 Å².